The van der Waals surface area contributed by atoms with E-state index in [0.29, 0.717) is 29.9 Å². The molecule has 0 radical (unpaired) electrons. The molecule has 2 N–H and O–H groups in total. The highest BCUT2D eigenvalue weighted by Crippen LogP contribution is 2.44. The first kappa shape index (κ1) is 24.2. The van der Waals surface area contributed by atoms with Crippen molar-refractivity contribution in [1.29, 1.82) is 0 Å². The number of alkyl halides is 4. The van der Waals surface area contributed by atoms with Gasteiger partial charge in [-0.2, -0.15) is 18.2 Å². The maximum atomic E-state index is 14.9. The smallest absolute Gasteiger partial charge is 0.417 e. The number of anilines is 1. The summed E-state index contributed by atoms with van der Waals surface area (Å²) >= 11 is 0. The minimum atomic E-state index is -4.78. The van der Waals surface area contributed by atoms with Gasteiger partial charge in [0.05, 0.1) is 40.9 Å². The Morgan fingerprint density at radius 2 is 2.06 bits per heavy atom. The van der Waals surface area contributed by atoms with Gasteiger partial charge in [-0.15, -0.1) is 0 Å². The minimum Gasteiger partial charge on any atom is -0.461 e. The van der Waals surface area contributed by atoms with Crippen LogP contribution >= 0.6 is 0 Å². The summed E-state index contributed by atoms with van der Waals surface area (Å²) in [4.78, 5) is 10.9. The number of nitrogens with two attached hydrogens (primary N) is 1. The minimum absolute atomic E-state index is 0.0715. The molecular weight excluding hydrogens is 471 g/mol. The van der Waals surface area contributed by atoms with Gasteiger partial charge in [-0.1, -0.05) is 0 Å². The molecule has 0 spiro atoms. The number of nitrogen functional groups attached to an aromatic ring is 1. The van der Waals surface area contributed by atoms with Crippen molar-refractivity contribution in [3.63, 3.8) is 0 Å². The molecule has 3 aliphatic rings. The predicted molar refractivity (Wildman–Crippen MR) is 117 cm³/mol. The van der Waals surface area contributed by atoms with Crippen LogP contribution < -0.4 is 10.5 Å². The molecule has 1 aromatic carbocycles. The summed E-state index contributed by atoms with van der Waals surface area (Å²) < 4.78 is 82.1. The monoisotopic (exact) mass is 498 g/mol. The zero-order valence-electron chi connectivity index (χ0n) is 19.5. The highest BCUT2D eigenvalue weighted by Gasteiger charge is 2.49. The van der Waals surface area contributed by atoms with E-state index in [-0.39, 0.29) is 42.4 Å². The lowest BCUT2D eigenvalue weighted by Gasteiger charge is -2.31. The Hall–Kier alpha value is -2.53. The van der Waals surface area contributed by atoms with Crippen LogP contribution in [0.4, 0.5) is 27.6 Å². The first-order chi connectivity index (χ1) is 16.5. The normalized spacial score (nSPS) is 26.6. The Bertz CT molecular complexity index is 1160. The maximum Gasteiger partial charge on any atom is 0.417 e. The molecule has 3 unspecified atom stereocenters. The second-order valence-corrected chi connectivity index (χ2v) is 9.77. The van der Waals surface area contributed by atoms with E-state index in [1.54, 1.807) is 6.92 Å². The van der Waals surface area contributed by atoms with Gasteiger partial charge >= 0.3 is 12.2 Å². The Kier molecular flexibility index (Phi) is 5.90. The number of fused-ring (bicyclic) bond motifs is 2. The van der Waals surface area contributed by atoms with Gasteiger partial charge < -0.3 is 15.2 Å². The van der Waals surface area contributed by atoms with Gasteiger partial charge in [-0.05, 0) is 44.9 Å². The summed E-state index contributed by atoms with van der Waals surface area (Å²) in [5, 5.41) is 0. The lowest BCUT2D eigenvalue weighted by molar-refractivity contribution is -0.140. The zero-order valence-corrected chi connectivity index (χ0v) is 19.5. The second-order valence-electron chi connectivity index (χ2n) is 9.77. The van der Waals surface area contributed by atoms with Gasteiger partial charge in [-0.25, -0.2) is 13.8 Å². The van der Waals surface area contributed by atoms with Crippen molar-refractivity contribution in [2.45, 2.75) is 70.1 Å². The molecule has 35 heavy (non-hydrogen) atoms. The van der Waals surface area contributed by atoms with Crippen molar-refractivity contribution < 1.29 is 31.4 Å². The molecule has 4 heterocycles. The van der Waals surface area contributed by atoms with E-state index in [9.17, 15) is 22.0 Å². The third kappa shape index (κ3) is 4.22. The first-order valence-electron chi connectivity index (χ1n) is 11.6. The van der Waals surface area contributed by atoms with Crippen LogP contribution in [0.5, 0.6) is 6.01 Å². The number of hydrogen-bond acceptors (Lipinski definition) is 6. The second kappa shape index (κ2) is 8.55. The van der Waals surface area contributed by atoms with Crippen LogP contribution in [0.15, 0.2) is 6.07 Å². The zero-order chi connectivity index (χ0) is 25.1. The van der Waals surface area contributed by atoms with Gasteiger partial charge in [0, 0.05) is 30.5 Å². The number of hydrogen-bond donors (Lipinski definition) is 1. The fourth-order valence-corrected chi connectivity index (χ4v) is 5.83. The number of nitrogens with zero attached hydrogens (tertiary/aromatic N) is 3. The molecule has 6 nitrogen and oxygen atoms in total. The molecule has 0 aliphatic carbocycles. The molecule has 3 aliphatic heterocycles. The van der Waals surface area contributed by atoms with Crippen LogP contribution in [-0.4, -0.2) is 46.3 Å². The molecule has 1 aromatic heterocycles. The average Bonchev–Trinajstić information content (AvgIpc) is 3.29. The lowest BCUT2D eigenvalue weighted by atomic mass is 9.91. The highest BCUT2D eigenvalue weighted by atomic mass is 19.4. The molecule has 2 fully saturated rings. The van der Waals surface area contributed by atoms with Crippen LogP contribution in [0.1, 0.15) is 59.0 Å². The molecule has 5 rings (SSSR count). The third-order valence-electron chi connectivity index (χ3n) is 7.45. The van der Waals surface area contributed by atoms with E-state index in [1.807, 2.05) is 0 Å². The Labute approximate surface area is 199 Å². The van der Waals surface area contributed by atoms with Crippen LogP contribution in [0.2, 0.25) is 0 Å². The largest absolute Gasteiger partial charge is 0.461 e. The van der Waals surface area contributed by atoms with Crippen molar-refractivity contribution in [2.24, 2.45) is 0 Å². The predicted octanol–water partition coefficient (Wildman–Crippen LogP) is 4.60. The van der Waals surface area contributed by atoms with Gasteiger partial charge in [0.1, 0.15) is 12.8 Å². The topological polar surface area (TPSA) is 73.5 Å². The Morgan fingerprint density at radius 1 is 1.29 bits per heavy atom. The standard InChI is InChI=1S/C24H27F5N4O2/c1-12-6-16(30)21(26)19(20(12)24(27,28)29)18-7-17-15(10-34-18)13(2)31-22(32-17)35-11-23-4-3-5-33(23)9-14(25)8-23/h6,14,18H,3-5,7-11,30H2,1-2H3. The van der Waals surface area contributed by atoms with Gasteiger partial charge in [0.15, 0.2) is 5.82 Å². The van der Waals surface area contributed by atoms with Crippen molar-refractivity contribution in [3.05, 3.63) is 45.5 Å². The van der Waals surface area contributed by atoms with Crippen molar-refractivity contribution in [1.82, 2.24) is 14.9 Å². The SMILES string of the molecule is Cc1cc(N)c(F)c(C2Cc3nc(OCC45CCCN4CC(F)C5)nc(C)c3CO2)c1C(F)(F)F. The molecule has 0 saturated carbocycles. The third-order valence-corrected chi connectivity index (χ3v) is 7.45. The van der Waals surface area contributed by atoms with Crippen molar-refractivity contribution in [3.8, 4) is 6.01 Å². The molecular formula is C24H27F5N4O2. The van der Waals surface area contributed by atoms with Crippen LogP contribution in [0, 0.1) is 19.7 Å². The summed E-state index contributed by atoms with van der Waals surface area (Å²) in [5.41, 5.74) is 4.68. The van der Waals surface area contributed by atoms with E-state index in [2.05, 4.69) is 14.9 Å². The van der Waals surface area contributed by atoms with Crippen LogP contribution in [-0.2, 0) is 23.9 Å². The number of ether oxygens (including phenoxy) is 2. The molecule has 2 saturated heterocycles. The first-order valence-corrected chi connectivity index (χ1v) is 11.6. The van der Waals surface area contributed by atoms with Gasteiger partial charge in [0.2, 0.25) is 0 Å². The molecule has 0 amide bonds. The Morgan fingerprint density at radius 3 is 2.80 bits per heavy atom. The number of aryl methyl sites for hydroxylation is 2. The number of halogens is 5. The fraction of sp³-hybridized carbons (Fsp3) is 0.583. The summed E-state index contributed by atoms with van der Waals surface area (Å²) in [6, 6.07) is 1.05. The van der Waals surface area contributed by atoms with E-state index in [4.69, 9.17) is 15.2 Å². The fourth-order valence-electron chi connectivity index (χ4n) is 5.83. The lowest BCUT2D eigenvalue weighted by Crippen LogP contribution is -2.43. The van der Waals surface area contributed by atoms with Crippen LogP contribution in [0.25, 0.3) is 0 Å². The number of benzene rings is 1. The average molecular weight is 498 g/mol. The van der Waals surface area contributed by atoms with E-state index in [1.165, 1.54) is 6.92 Å². The van der Waals surface area contributed by atoms with Crippen molar-refractivity contribution >= 4 is 5.69 Å². The molecule has 11 heteroatoms. The van der Waals surface area contributed by atoms with E-state index in [0.717, 1.165) is 25.5 Å². The summed E-state index contributed by atoms with van der Waals surface area (Å²) in [5.74, 6) is -1.14. The molecule has 190 valence electrons. The quantitative estimate of drug-likeness (QED) is 0.491. The summed E-state index contributed by atoms with van der Waals surface area (Å²) in [6.45, 7) is 4.34. The van der Waals surface area contributed by atoms with E-state index >= 15 is 0 Å². The van der Waals surface area contributed by atoms with Crippen LogP contribution in [0.3, 0.4) is 0 Å². The highest BCUT2D eigenvalue weighted by molar-refractivity contribution is 5.53. The van der Waals surface area contributed by atoms with Gasteiger partial charge in [-0.3, -0.25) is 4.90 Å². The molecule has 0 bridgehead atoms. The number of rotatable bonds is 4. The van der Waals surface area contributed by atoms with Crippen molar-refractivity contribution in [2.75, 3.05) is 25.4 Å². The summed E-state index contributed by atoms with van der Waals surface area (Å²) in [6.07, 6.45) is -4.83. The maximum absolute atomic E-state index is 14.9. The van der Waals surface area contributed by atoms with E-state index < -0.39 is 35.4 Å². The molecule has 3 atom stereocenters. The Balaban J connectivity index is 1.43. The molecule has 2 aromatic rings. The summed E-state index contributed by atoms with van der Waals surface area (Å²) in [7, 11) is 0. The number of aromatic nitrogens is 2. The van der Waals surface area contributed by atoms with Gasteiger partial charge in [0.25, 0.3) is 0 Å².